The van der Waals surface area contributed by atoms with Crippen LogP contribution in [0.3, 0.4) is 0 Å². The normalized spacial score (nSPS) is 11.9. The molecule has 0 aromatic heterocycles. The van der Waals surface area contributed by atoms with Crippen molar-refractivity contribution in [1.29, 1.82) is 0 Å². The maximum atomic E-state index is 13.6. The van der Waals surface area contributed by atoms with Crippen LogP contribution >= 0.6 is 0 Å². The van der Waals surface area contributed by atoms with E-state index in [-0.39, 0.29) is 11.9 Å². The first-order chi connectivity index (χ1) is 9.70. The van der Waals surface area contributed by atoms with Gasteiger partial charge in [0.1, 0.15) is 11.6 Å². The van der Waals surface area contributed by atoms with Crippen LogP contribution in [0.25, 0.3) is 0 Å². The van der Waals surface area contributed by atoms with Gasteiger partial charge in [0.05, 0.1) is 12.3 Å². The number of para-hydroxylation sites is 1. The molecule has 106 valence electrons. The Labute approximate surface area is 119 Å². The van der Waals surface area contributed by atoms with E-state index in [9.17, 15) is 4.39 Å². The third-order valence-electron chi connectivity index (χ3n) is 3.10. The van der Waals surface area contributed by atoms with Crippen LogP contribution in [0.1, 0.15) is 31.9 Å². The number of benzene rings is 2. The minimum absolute atomic E-state index is 0.0344. The fraction of sp³-hybridized carbons (Fsp3) is 0.294. The number of anilines is 1. The zero-order chi connectivity index (χ0) is 14.4. The fourth-order valence-corrected chi connectivity index (χ4v) is 1.97. The summed E-state index contributed by atoms with van der Waals surface area (Å²) in [5.41, 5.74) is 1.61. The number of hydrogen-bond acceptors (Lipinski definition) is 2. The summed E-state index contributed by atoms with van der Waals surface area (Å²) >= 11 is 0. The first kappa shape index (κ1) is 14.4. The Balaban J connectivity index is 2.02. The second kappa shape index (κ2) is 6.94. The molecule has 0 amide bonds. The molecule has 0 fully saturated rings. The third kappa shape index (κ3) is 3.73. The Hall–Kier alpha value is -2.03. The van der Waals surface area contributed by atoms with Gasteiger partial charge in [0.25, 0.3) is 0 Å². The van der Waals surface area contributed by atoms with Crippen molar-refractivity contribution in [2.45, 2.75) is 26.3 Å². The van der Waals surface area contributed by atoms with Gasteiger partial charge in [-0.2, -0.15) is 0 Å². The van der Waals surface area contributed by atoms with Crippen LogP contribution in [-0.4, -0.2) is 6.61 Å². The predicted molar refractivity (Wildman–Crippen MR) is 80.7 cm³/mol. The van der Waals surface area contributed by atoms with Gasteiger partial charge < -0.3 is 10.1 Å². The maximum absolute atomic E-state index is 13.6. The Morgan fingerprint density at radius 1 is 1.10 bits per heavy atom. The molecule has 0 bridgehead atoms. The van der Waals surface area contributed by atoms with Gasteiger partial charge in [-0.15, -0.1) is 0 Å². The first-order valence-corrected chi connectivity index (χ1v) is 6.94. The molecule has 2 aromatic carbocycles. The zero-order valence-electron chi connectivity index (χ0n) is 11.9. The molecule has 1 N–H and O–H groups in total. The van der Waals surface area contributed by atoms with Gasteiger partial charge in [0.2, 0.25) is 0 Å². The van der Waals surface area contributed by atoms with Gasteiger partial charge in [-0.3, -0.25) is 0 Å². The van der Waals surface area contributed by atoms with E-state index in [4.69, 9.17) is 4.74 Å². The highest BCUT2D eigenvalue weighted by Gasteiger charge is 2.08. The summed E-state index contributed by atoms with van der Waals surface area (Å²) in [5.74, 6) is 0.635. The Morgan fingerprint density at radius 2 is 1.80 bits per heavy atom. The van der Waals surface area contributed by atoms with Crippen LogP contribution in [0.4, 0.5) is 10.1 Å². The van der Waals surface area contributed by atoms with Gasteiger partial charge in [-0.05, 0) is 43.2 Å². The summed E-state index contributed by atoms with van der Waals surface area (Å²) in [6.07, 6.45) is 0.993. The van der Waals surface area contributed by atoms with Gasteiger partial charge in [-0.25, -0.2) is 4.39 Å². The zero-order valence-corrected chi connectivity index (χ0v) is 11.9. The predicted octanol–water partition coefficient (Wildman–Crippen LogP) is 4.79. The molecule has 2 aromatic rings. The van der Waals surface area contributed by atoms with E-state index in [2.05, 4.69) is 12.2 Å². The quantitative estimate of drug-likeness (QED) is 0.817. The van der Waals surface area contributed by atoms with E-state index >= 15 is 0 Å². The molecule has 3 heteroatoms. The van der Waals surface area contributed by atoms with E-state index in [1.54, 1.807) is 12.1 Å². The van der Waals surface area contributed by atoms with Crippen LogP contribution in [0.5, 0.6) is 5.75 Å². The SMILES string of the molecule is CCCOc1ccc(C(C)Nc2ccccc2F)cc1. The second-order valence-electron chi connectivity index (χ2n) is 4.76. The van der Waals surface area contributed by atoms with E-state index in [0.29, 0.717) is 5.69 Å². The highest BCUT2D eigenvalue weighted by molar-refractivity contribution is 5.46. The summed E-state index contributed by atoms with van der Waals surface area (Å²) in [5, 5.41) is 3.17. The lowest BCUT2D eigenvalue weighted by molar-refractivity contribution is 0.317. The molecular formula is C17H20FNO. The highest BCUT2D eigenvalue weighted by atomic mass is 19.1. The minimum atomic E-state index is -0.234. The van der Waals surface area contributed by atoms with Crippen molar-refractivity contribution < 1.29 is 9.13 Å². The Bertz CT molecular complexity index is 539. The molecule has 2 nitrogen and oxygen atoms in total. The number of ether oxygens (including phenoxy) is 1. The molecule has 0 aliphatic carbocycles. The smallest absolute Gasteiger partial charge is 0.146 e. The van der Waals surface area contributed by atoms with E-state index in [1.165, 1.54) is 6.07 Å². The van der Waals surface area contributed by atoms with Crippen molar-refractivity contribution in [3.63, 3.8) is 0 Å². The van der Waals surface area contributed by atoms with Crippen LogP contribution in [0.15, 0.2) is 48.5 Å². The van der Waals surface area contributed by atoms with E-state index in [1.807, 2.05) is 37.3 Å². The summed E-state index contributed by atoms with van der Waals surface area (Å²) in [6, 6.07) is 14.6. The maximum Gasteiger partial charge on any atom is 0.146 e. The average Bonchev–Trinajstić information content (AvgIpc) is 2.48. The molecule has 2 rings (SSSR count). The molecule has 0 radical (unpaired) electrons. The monoisotopic (exact) mass is 273 g/mol. The highest BCUT2D eigenvalue weighted by Crippen LogP contribution is 2.23. The van der Waals surface area contributed by atoms with Crippen LogP contribution in [0.2, 0.25) is 0 Å². The molecule has 0 aliphatic rings. The van der Waals surface area contributed by atoms with E-state index < -0.39 is 0 Å². The van der Waals surface area contributed by atoms with Crippen molar-refractivity contribution in [3.05, 3.63) is 59.9 Å². The van der Waals surface area contributed by atoms with Gasteiger partial charge >= 0.3 is 0 Å². The standard InChI is InChI=1S/C17H20FNO/c1-3-12-20-15-10-8-14(9-11-15)13(2)19-17-7-5-4-6-16(17)18/h4-11,13,19H,3,12H2,1-2H3. The Morgan fingerprint density at radius 3 is 2.45 bits per heavy atom. The Kier molecular flexibility index (Phi) is 4.99. The lowest BCUT2D eigenvalue weighted by Gasteiger charge is -2.16. The van der Waals surface area contributed by atoms with Crippen molar-refractivity contribution in [2.24, 2.45) is 0 Å². The fourth-order valence-electron chi connectivity index (χ4n) is 1.97. The number of halogens is 1. The van der Waals surface area contributed by atoms with Crippen molar-refractivity contribution in [3.8, 4) is 5.75 Å². The van der Waals surface area contributed by atoms with Gasteiger partial charge in [0.15, 0.2) is 0 Å². The summed E-state index contributed by atoms with van der Waals surface area (Å²) < 4.78 is 19.1. The van der Waals surface area contributed by atoms with Gasteiger partial charge in [0, 0.05) is 6.04 Å². The molecule has 1 unspecified atom stereocenters. The van der Waals surface area contributed by atoms with Crippen LogP contribution in [0, 0.1) is 5.82 Å². The topological polar surface area (TPSA) is 21.3 Å². The van der Waals surface area contributed by atoms with Crippen molar-refractivity contribution in [2.75, 3.05) is 11.9 Å². The van der Waals surface area contributed by atoms with Crippen molar-refractivity contribution in [1.82, 2.24) is 0 Å². The molecule has 20 heavy (non-hydrogen) atoms. The lowest BCUT2D eigenvalue weighted by atomic mass is 10.1. The van der Waals surface area contributed by atoms with E-state index in [0.717, 1.165) is 24.3 Å². The van der Waals surface area contributed by atoms with Crippen molar-refractivity contribution >= 4 is 5.69 Å². The van der Waals surface area contributed by atoms with Crippen LogP contribution < -0.4 is 10.1 Å². The second-order valence-corrected chi connectivity index (χ2v) is 4.76. The number of hydrogen-bond donors (Lipinski definition) is 1. The molecule has 1 atom stereocenters. The summed E-state index contributed by atoms with van der Waals surface area (Å²) in [4.78, 5) is 0. The third-order valence-corrected chi connectivity index (χ3v) is 3.10. The lowest BCUT2D eigenvalue weighted by Crippen LogP contribution is -2.07. The largest absolute Gasteiger partial charge is 0.494 e. The summed E-state index contributed by atoms with van der Waals surface area (Å²) in [7, 11) is 0. The van der Waals surface area contributed by atoms with Crippen LogP contribution in [-0.2, 0) is 0 Å². The molecule has 0 saturated carbocycles. The molecule has 0 spiro atoms. The van der Waals surface area contributed by atoms with Gasteiger partial charge in [-0.1, -0.05) is 31.2 Å². The molecule has 0 aliphatic heterocycles. The average molecular weight is 273 g/mol. The molecule has 0 heterocycles. The molecular weight excluding hydrogens is 253 g/mol. The number of rotatable bonds is 6. The minimum Gasteiger partial charge on any atom is -0.494 e. The molecule has 0 saturated heterocycles. The number of nitrogens with one attached hydrogen (secondary N) is 1. The summed E-state index contributed by atoms with van der Waals surface area (Å²) in [6.45, 7) is 4.81. The first-order valence-electron chi connectivity index (χ1n) is 6.94.